The SMILES string of the molecule is CNc1ncc(C(F)(F)F)cc1B1OC(C)(C)C(C)(C)O1. The molecule has 4 nitrogen and oxygen atoms in total. The third-order valence-electron chi connectivity index (χ3n) is 3.99. The van der Waals surface area contributed by atoms with E-state index in [0.717, 1.165) is 12.3 Å². The Labute approximate surface area is 122 Å². The number of pyridine rings is 1. The minimum atomic E-state index is -4.46. The van der Waals surface area contributed by atoms with Gasteiger partial charge in [-0.05, 0) is 33.8 Å². The molecule has 0 atom stereocenters. The summed E-state index contributed by atoms with van der Waals surface area (Å²) in [6, 6.07) is 1.01. The van der Waals surface area contributed by atoms with Crippen molar-refractivity contribution >= 4 is 18.4 Å². The summed E-state index contributed by atoms with van der Waals surface area (Å²) in [4.78, 5) is 3.81. The Morgan fingerprint density at radius 2 is 1.67 bits per heavy atom. The van der Waals surface area contributed by atoms with Crippen molar-refractivity contribution in [2.45, 2.75) is 45.1 Å². The molecule has 1 aromatic rings. The van der Waals surface area contributed by atoms with E-state index in [1.54, 1.807) is 7.05 Å². The molecule has 2 heterocycles. The average Bonchev–Trinajstić information content (AvgIpc) is 2.56. The standard InChI is InChI=1S/C13H18BF3N2O2/c1-11(2)12(3,4)21-14(20-11)9-6-8(13(15,16)17)7-19-10(9)18-5/h6-7H,1-5H3,(H,18,19). The fourth-order valence-electron chi connectivity index (χ4n) is 2.00. The van der Waals surface area contributed by atoms with Crippen LogP contribution in [0.1, 0.15) is 33.3 Å². The maximum absolute atomic E-state index is 12.9. The van der Waals surface area contributed by atoms with Crippen LogP contribution < -0.4 is 10.8 Å². The zero-order valence-electron chi connectivity index (χ0n) is 12.6. The molecule has 0 radical (unpaired) electrons. The van der Waals surface area contributed by atoms with Gasteiger partial charge in [-0.25, -0.2) is 4.98 Å². The molecule has 1 aromatic heterocycles. The zero-order valence-corrected chi connectivity index (χ0v) is 12.6. The van der Waals surface area contributed by atoms with E-state index in [9.17, 15) is 13.2 Å². The lowest BCUT2D eigenvalue weighted by atomic mass is 9.78. The number of nitrogens with zero attached hydrogens (tertiary/aromatic N) is 1. The van der Waals surface area contributed by atoms with Crippen molar-refractivity contribution in [3.63, 3.8) is 0 Å². The molecule has 0 amide bonds. The first kappa shape index (κ1) is 16.1. The molecule has 2 rings (SSSR count). The van der Waals surface area contributed by atoms with Crippen LogP contribution in [-0.4, -0.2) is 30.4 Å². The van der Waals surface area contributed by atoms with Gasteiger partial charge < -0.3 is 14.6 Å². The molecule has 1 saturated heterocycles. The number of anilines is 1. The van der Waals surface area contributed by atoms with Crippen LogP contribution in [-0.2, 0) is 15.5 Å². The second kappa shape index (κ2) is 4.88. The summed E-state index contributed by atoms with van der Waals surface area (Å²) in [5.74, 6) is 0.307. The summed E-state index contributed by atoms with van der Waals surface area (Å²) in [6.07, 6.45) is -3.67. The molecular formula is C13H18BF3N2O2. The number of hydrogen-bond acceptors (Lipinski definition) is 4. The van der Waals surface area contributed by atoms with Crippen molar-refractivity contribution in [1.29, 1.82) is 0 Å². The highest BCUT2D eigenvalue weighted by molar-refractivity contribution is 6.63. The minimum absolute atomic E-state index is 0.242. The number of alkyl halides is 3. The molecule has 0 saturated carbocycles. The highest BCUT2D eigenvalue weighted by Gasteiger charge is 2.52. The second-order valence-electron chi connectivity index (χ2n) is 6.00. The van der Waals surface area contributed by atoms with Crippen LogP contribution in [0.5, 0.6) is 0 Å². The van der Waals surface area contributed by atoms with Gasteiger partial charge in [-0.3, -0.25) is 0 Å². The highest BCUT2D eigenvalue weighted by atomic mass is 19.4. The van der Waals surface area contributed by atoms with Crippen molar-refractivity contribution in [3.8, 4) is 0 Å². The van der Waals surface area contributed by atoms with Crippen LogP contribution in [0, 0.1) is 0 Å². The summed E-state index contributed by atoms with van der Waals surface area (Å²) in [5, 5.41) is 2.77. The van der Waals surface area contributed by atoms with Gasteiger partial charge in [-0.1, -0.05) is 0 Å². The fraction of sp³-hybridized carbons (Fsp3) is 0.615. The largest absolute Gasteiger partial charge is 0.498 e. The molecule has 116 valence electrons. The highest BCUT2D eigenvalue weighted by Crippen LogP contribution is 2.37. The lowest BCUT2D eigenvalue weighted by molar-refractivity contribution is -0.137. The van der Waals surface area contributed by atoms with Gasteiger partial charge in [-0.15, -0.1) is 0 Å². The summed E-state index contributed by atoms with van der Waals surface area (Å²) in [5.41, 5.74) is -1.84. The first-order valence-electron chi connectivity index (χ1n) is 6.58. The van der Waals surface area contributed by atoms with Crippen molar-refractivity contribution in [3.05, 3.63) is 17.8 Å². The molecule has 8 heteroatoms. The molecule has 0 bridgehead atoms. The molecule has 1 N–H and O–H groups in total. The number of nitrogens with one attached hydrogen (secondary N) is 1. The van der Waals surface area contributed by atoms with E-state index >= 15 is 0 Å². The fourth-order valence-corrected chi connectivity index (χ4v) is 2.00. The molecule has 0 aliphatic carbocycles. The Morgan fingerprint density at radius 3 is 2.10 bits per heavy atom. The van der Waals surface area contributed by atoms with E-state index in [1.807, 2.05) is 27.7 Å². The van der Waals surface area contributed by atoms with Gasteiger partial charge in [-0.2, -0.15) is 13.2 Å². The lowest BCUT2D eigenvalue weighted by Gasteiger charge is -2.32. The van der Waals surface area contributed by atoms with Gasteiger partial charge >= 0.3 is 13.3 Å². The summed E-state index contributed by atoms with van der Waals surface area (Å²) in [6.45, 7) is 7.36. The molecule has 0 spiro atoms. The summed E-state index contributed by atoms with van der Waals surface area (Å²) < 4.78 is 50.1. The monoisotopic (exact) mass is 302 g/mol. The Morgan fingerprint density at radius 1 is 1.14 bits per heavy atom. The predicted molar refractivity (Wildman–Crippen MR) is 74.5 cm³/mol. The zero-order chi connectivity index (χ0) is 16.1. The van der Waals surface area contributed by atoms with Crippen LogP contribution in [0.15, 0.2) is 12.3 Å². The maximum atomic E-state index is 12.9. The predicted octanol–water partition coefficient (Wildman–Crippen LogP) is 2.44. The molecule has 0 unspecified atom stereocenters. The Kier molecular flexibility index (Phi) is 3.74. The minimum Gasteiger partial charge on any atom is -0.399 e. The van der Waals surface area contributed by atoms with E-state index in [0.29, 0.717) is 5.82 Å². The van der Waals surface area contributed by atoms with Crippen molar-refractivity contribution in [2.24, 2.45) is 0 Å². The number of aromatic nitrogens is 1. The third-order valence-corrected chi connectivity index (χ3v) is 3.99. The van der Waals surface area contributed by atoms with Crippen LogP contribution >= 0.6 is 0 Å². The number of rotatable bonds is 2. The Bertz CT molecular complexity index is 531. The van der Waals surface area contributed by atoms with Gasteiger partial charge in [0, 0.05) is 18.7 Å². The molecule has 0 aromatic carbocycles. The van der Waals surface area contributed by atoms with Crippen molar-refractivity contribution in [2.75, 3.05) is 12.4 Å². The summed E-state index contributed by atoms with van der Waals surface area (Å²) >= 11 is 0. The van der Waals surface area contributed by atoms with Crippen LogP contribution in [0.2, 0.25) is 0 Å². The van der Waals surface area contributed by atoms with Gasteiger partial charge in [0.1, 0.15) is 5.82 Å². The molecule has 1 fully saturated rings. The van der Waals surface area contributed by atoms with Crippen LogP contribution in [0.25, 0.3) is 0 Å². The quantitative estimate of drug-likeness (QED) is 0.852. The summed E-state index contributed by atoms with van der Waals surface area (Å²) in [7, 11) is 0.692. The average molecular weight is 302 g/mol. The molecule has 21 heavy (non-hydrogen) atoms. The van der Waals surface area contributed by atoms with E-state index in [2.05, 4.69) is 10.3 Å². The van der Waals surface area contributed by atoms with E-state index in [4.69, 9.17) is 9.31 Å². The van der Waals surface area contributed by atoms with Crippen molar-refractivity contribution in [1.82, 2.24) is 4.98 Å². The van der Waals surface area contributed by atoms with Gasteiger partial charge in [0.15, 0.2) is 0 Å². The Hall–Kier alpha value is -1.28. The number of hydrogen-bond donors (Lipinski definition) is 1. The lowest BCUT2D eigenvalue weighted by Crippen LogP contribution is -2.41. The Balaban J connectivity index is 2.44. The van der Waals surface area contributed by atoms with Gasteiger partial charge in [0.2, 0.25) is 0 Å². The first-order chi connectivity index (χ1) is 9.48. The van der Waals surface area contributed by atoms with E-state index in [-0.39, 0.29) is 5.46 Å². The molecule has 1 aliphatic rings. The van der Waals surface area contributed by atoms with Gasteiger partial charge in [0.05, 0.1) is 16.8 Å². The van der Waals surface area contributed by atoms with E-state index in [1.165, 1.54) is 0 Å². The second-order valence-corrected chi connectivity index (χ2v) is 6.00. The van der Waals surface area contributed by atoms with Crippen LogP contribution in [0.3, 0.4) is 0 Å². The topological polar surface area (TPSA) is 43.4 Å². The van der Waals surface area contributed by atoms with E-state index < -0.39 is 30.1 Å². The van der Waals surface area contributed by atoms with Gasteiger partial charge in [0.25, 0.3) is 0 Å². The molecule has 1 aliphatic heterocycles. The maximum Gasteiger partial charge on any atom is 0.498 e. The third kappa shape index (κ3) is 2.87. The van der Waals surface area contributed by atoms with Crippen LogP contribution in [0.4, 0.5) is 19.0 Å². The normalized spacial score (nSPS) is 20.7. The number of halogens is 3. The van der Waals surface area contributed by atoms with Crippen molar-refractivity contribution < 1.29 is 22.5 Å². The smallest absolute Gasteiger partial charge is 0.399 e. The first-order valence-corrected chi connectivity index (χ1v) is 6.58. The molecular weight excluding hydrogens is 284 g/mol.